The zero-order valence-electron chi connectivity index (χ0n) is 24.3. The third-order valence-corrected chi connectivity index (χ3v) is 7.48. The molecule has 4 aromatic rings. The number of pyridine rings is 1. The van der Waals surface area contributed by atoms with E-state index in [9.17, 15) is 10.1 Å². The van der Waals surface area contributed by atoms with Gasteiger partial charge in [0.1, 0.15) is 30.3 Å². The number of nitrogens with one attached hydrogen (secondary N) is 2. The number of fused-ring (bicyclic) bond motifs is 1. The van der Waals surface area contributed by atoms with Crippen molar-refractivity contribution in [2.75, 3.05) is 44.5 Å². The molecule has 1 fully saturated rings. The Kier molecular flexibility index (Phi) is 10.2. The van der Waals surface area contributed by atoms with E-state index in [1.165, 1.54) is 12.3 Å². The number of hydrogen-bond donors (Lipinski definition) is 2. The van der Waals surface area contributed by atoms with Crippen molar-refractivity contribution in [1.29, 1.82) is 5.26 Å². The molecule has 0 saturated carbocycles. The summed E-state index contributed by atoms with van der Waals surface area (Å²) in [5, 5.41) is 17.8. The highest BCUT2D eigenvalue weighted by Gasteiger charge is 2.21. The van der Waals surface area contributed by atoms with Crippen LogP contribution in [0.2, 0.25) is 10.0 Å². The molecule has 2 heterocycles. The Morgan fingerprint density at radius 3 is 2.73 bits per heavy atom. The van der Waals surface area contributed by atoms with Crippen LogP contribution in [0.25, 0.3) is 10.9 Å². The first-order valence-corrected chi connectivity index (χ1v) is 14.7. The van der Waals surface area contributed by atoms with Gasteiger partial charge in [0, 0.05) is 53.0 Å². The molecule has 1 aliphatic heterocycles. The fourth-order valence-corrected chi connectivity index (χ4v) is 5.00. The van der Waals surface area contributed by atoms with Crippen LogP contribution in [0, 0.1) is 11.3 Å². The molecule has 0 radical (unpaired) electrons. The second-order valence-corrected chi connectivity index (χ2v) is 11.2. The summed E-state index contributed by atoms with van der Waals surface area (Å²) in [5.41, 5.74) is 3.32. The van der Waals surface area contributed by atoms with Gasteiger partial charge in [-0.3, -0.25) is 9.78 Å². The lowest BCUT2D eigenvalue weighted by atomic mass is 10.1. The minimum Gasteiger partial charge on any atom is -0.487 e. The van der Waals surface area contributed by atoms with Crippen molar-refractivity contribution in [3.05, 3.63) is 94.1 Å². The number of nitrogens with zero attached hydrogens (tertiary/aromatic N) is 3. The minimum atomic E-state index is -0.309. The highest BCUT2D eigenvalue weighted by Crippen LogP contribution is 2.38. The maximum atomic E-state index is 12.8. The van der Waals surface area contributed by atoms with E-state index in [-0.39, 0.29) is 18.6 Å². The van der Waals surface area contributed by atoms with Gasteiger partial charge in [0.25, 0.3) is 0 Å². The summed E-state index contributed by atoms with van der Waals surface area (Å²) in [7, 11) is 3.84. The molecule has 44 heavy (non-hydrogen) atoms. The number of rotatable bonds is 11. The molecule has 5 rings (SSSR count). The van der Waals surface area contributed by atoms with Crippen molar-refractivity contribution >= 4 is 57.1 Å². The van der Waals surface area contributed by atoms with Crippen molar-refractivity contribution in [1.82, 2.24) is 9.88 Å². The van der Waals surface area contributed by atoms with Crippen LogP contribution in [-0.4, -0.2) is 55.7 Å². The first-order valence-electron chi connectivity index (χ1n) is 14.0. The molecule has 0 unspecified atom stereocenters. The Labute approximate surface area is 265 Å². The quantitative estimate of drug-likeness (QED) is 0.171. The highest BCUT2D eigenvalue weighted by atomic mass is 35.5. The van der Waals surface area contributed by atoms with Gasteiger partial charge in [-0.05, 0) is 44.4 Å². The second-order valence-electron chi connectivity index (χ2n) is 10.4. The van der Waals surface area contributed by atoms with Crippen LogP contribution < -0.4 is 20.1 Å². The summed E-state index contributed by atoms with van der Waals surface area (Å²) in [6.45, 7) is 1.94. The summed E-state index contributed by atoms with van der Waals surface area (Å²) in [5.74, 6) is 0.646. The minimum absolute atomic E-state index is 0.149. The first kappa shape index (κ1) is 31.1. The maximum absolute atomic E-state index is 12.8. The number of carbonyl (C=O) groups excluding carboxylic acids is 1. The largest absolute Gasteiger partial charge is 0.487 e. The molecule has 3 aromatic carbocycles. The normalized spacial score (nSPS) is 14.6. The third kappa shape index (κ3) is 7.78. The monoisotopic (exact) mass is 631 g/mol. The standard InChI is InChI=1S/C33H31Cl2N5O4/c1-40(2)12-5-8-32(41)39-29-15-25-28(16-31(29)44-24-11-13-42-20-24)37-18-22(17-36)33(25)38-23-9-10-30(27(35)14-23)43-19-21-6-3-4-7-26(21)34/h3-10,14-16,18,24H,11-13,19-20H2,1-2H3,(H,37,38)(H,39,41)/b8-5+/t24-/m0/s1. The molecule has 11 heteroatoms. The summed E-state index contributed by atoms with van der Waals surface area (Å²) in [4.78, 5) is 19.3. The van der Waals surface area contributed by atoms with Gasteiger partial charge >= 0.3 is 0 Å². The Hall–Kier alpha value is -4.33. The predicted octanol–water partition coefficient (Wildman–Crippen LogP) is 6.96. The van der Waals surface area contributed by atoms with Gasteiger partial charge in [-0.2, -0.15) is 5.26 Å². The van der Waals surface area contributed by atoms with Gasteiger partial charge < -0.3 is 29.7 Å². The number of carbonyl (C=O) groups is 1. The van der Waals surface area contributed by atoms with Crippen LogP contribution in [0.15, 0.2) is 72.9 Å². The number of nitriles is 1. The number of likely N-dealkylation sites (N-methyl/N-ethyl adjacent to an activating group) is 1. The van der Waals surface area contributed by atoms with Crippen LogP contribution in [0.3, 0.4) is 0 Å². The maximum Gasteiger partial charge on any atom is 0.248 e. The van der Waals surface area contributed by atoms with E-state index in [1.54, 1.807) is 42.5 Å². The number of aromatic nitrogens is 1. The summed E-state index contributed by atoms with van der Waals surface area (Å²) < 4.78 is 17.6. The summed E-state index contributed by atoms with van der Waals surface area (Å²) >= 11 is 12.8. The van der Waals surface area contributed by atoms with E-state index in [4.69, 9.17) is 37.4 Å². The first-order chi connectivity index (χ1) is 21.3. The third-order valence-electron chi connectivity index (χ3n) is 6.81. The van der Waals surface area contributed by atoms with Crippen LogP contribution in [0.4, 0.5) is 17.1 Å². The van der Waals surface area contributed by atoms with Crippen molar-refractivity contribution in [3.8, 4) is 17.6 Å². The van der Waals surface area contributed by atoms with E-state index in [0.717, 1.165) is 12.0 Å². The molecule has 226 valence electrons. The van der Waals surface area contributed by atoms with Crippen LogP contribution in [0.5, 0.6) is 11.5 Å². The lowest BCUT2D eigenvalue weighted by Gasteiger charge is -2.19. The second kappa shape index (κ2) is 14.4. The smallest absolute Gasteiger partial charge is 0.248 e. The van der Waals surface area contributed by atoms with Gasteiger partial charge in [-0.1, -0.05) is 47.5 Å². The SMILES string of the molecule is CN(C)C/C=C/C(=O)Nc1cc2c(Nc3ccc(OCc4ccccc4Cl)c(Cl)c3)c(C#N)cnc2cc1O[C@H]1CCOC1. The zero-order chi connectivity index (χ0) is 31.1. The van der Waals surface area contributed by atoms with Crippen molar-refractivity contribution < 1.29 is 19.0 Å². The lowest BCUT2D eigenvalue weighted by Crippen LogP contribution is -2.18. The van der Waals surface area contributed by atoms with Crippen molar-refractivity contribution in [2.24, 2.45) is 0 Å². The fraction of sp³-hybridized carbons (Fsp3) is 0.242. The van der Waals surface area contributed by atoms with E-state index in [1.807, 2.05) is 37.2 Å². The molecule has 0 spiro atoms. The molecule has 9 nitrogen and oxygen atoms in total. The van der Waals surface area contributed by atoms with Gasteiger partial charge in [0.2, 0.25) is 5.91 Å². The van der Waals surface area contributed by atoms with Crippen LogP contribution >= 0.6 is 23.2 Å². The van der Waals surface area contributed by atoms with E-state index in [2.05, 4.69) is 21.7 Å². The molecule has 0 aliphatic carbocycles. The molecule has 0 bridgehead atoms. The number of halogens is 2. The van der Waals surface area contributed by atoms with Gasteiger partial charge in [0.05, 0.1) is 40.7 Å². The Balaban J connectivity index is 1.45. The number of hydrogen-bond acceptors (Lipinski definition) is 8. The number of ether oxygens (including phenoxy) is 3. The van der Waals surface area contributed by atoms with E-state index >= 15 is 0 Å². The summed E-state index contributed by atoms with van der Waals surface area (Å²) in [6, 6.07) is 18.4. The van der Waals surface area contributed by atoms with Gasteiger partial charge in [0.15, 0.2) is 0 Å². The van der Waals surface area contributed by atoms with Crippen LogP contribution in [-0.2, 0) is 16.1 Å². The molecule has 2 N–H and O–H groups in total. The molecule has 1 aliphatic rings. The number of benzene rings is 3. The average molecular weight is 633 g/mol. The van der Waals surface area contributed by atoms with E-state index < -0.39 is 0 Å². The highest BCUT2D eigenvalue weighted by molar-refractivity contribution is 6.32. The van der Waals surface area contributed by atoms with Crippen LogP contribution in [0.1, 0.15) is 17.5 Å². The van der Waals surface area contributed by atoms with Crippen molar-refractivity contribution in [3.63, 3.8) is 0 Å². The molecular weight excluding hydrogens is 601 g/mol. The average Bonchev–Trinajstić information content (AvgIpc) is 3.51. The molecule has 1 aromatic heterocycles. The number of amides is 1. The zero-order valence-corrected chi connectivity index (χ0v) is 25.8. The lowest BCUT2D eigenvalue weighted by molar-refractivity contribution is -0.111. The van der Waals surface area contributed by atoms with Gasteiger partial charge in [-0.15, -0.1) is 0 Å². The molecule has 1 amide bonds. The Bertz CT molecular complexity index is 1730. The van der Waals surface area contributed by atoms with Gasteiger partial charge in [-0.25, -0.2) is 0 Å². The fourth-order valence-electron chi connectivity index (χ4n) is 4.58. The summed E-state index contributed by atoms with van der Waals surface area (Å²) in [6.07, 6.45) is 5.34. The van der Waals surface area contributed by atoms with E-state index in [0.29, 0.717) is 74.8 Å². The molecule has 1 atom stereocenters. The Morgan fingerprint density at radius 2 is 2.00 bits per heavy atom. The predicted molar refractivity (Wildman–Crippen MR) is 173 cm³/mol. The number of anilines is 3. The molecular formula is C33H31Cl2N5O4. The van der Waals surface area contributed by atoms with Crippen molar-refractivity contribution in [2.45, 2.75) is 19.1 Å². The topological polar surface area (TPSA) is 109 Å². The Morgan fingerprint density at radius 1 is 1.16 bits per heavy atom. The molecule has 1 saturated heterocycles.